The van der Waals surface area contributed by atoms with E-state index < -0.39 is 10.0 Å². The van der Waals surface area contributed by atoms with Crippen molar-refractivity contribution >= 4 is 21.4 Å². The summed E-state index contributed by atoms with van der Waals surface area (Å²) in [5.41, 5.74) is 2.02. The molecule has 21 heavy (non-hydrogen) atoms. The molecule has 0 aliphatic heterocycles. The maximum atomic E-state index is 12.3. The molecule has 1 heterocycles. The Bertz CT molecular complexity index is 718. The molecule has 2 aromatic rings. The van der Waals surface area contributed by atoms with Crippen LogP contribution < -0.4 is 9.62 Å². The fourth-order valence-corrected chi connectivity index (χ4v) is 3.08. The Morgan fingerprint density at radius 1 is 1.24 bits per heavy atom. The quantitative estimate of drug-likeness (QED) is 0.875. The van der Waals surface area contributed by atoms with Crippen molar-refractivity contribution in [3.63, 3.8) is 0 Å². The highest BCUT2D eigenvalue weighted by Crippen LogP contribution is 2.20. The van der Waals surface area contributed by atoms with Gasteiger partial charge in [0.2, 0.25) is 0 Å². The van der Waals surface area contributed by atoms with Crippen LogP contribution in [0.3, 0.4) is 0 Å². The van der Waals surface area contributed by atoms with E-state index in [2.05, 4.69) is 4.72 Å². The Balaban J connectivity index is 2.24. The molecule has 0 saturated heterocycles. The number of anilines is 2. The molecule has 0 atom stereocenters. The number of aromatic nitrogens is 1. The van der Waals surface area contributed by atoms with Crippen LogP contribution in [0.5, 0.6) is 0 Å². The van der Waals surface area contributed by atoms with Crippen LogP contribution in [0.25, 0.3) is 0 Å². The van der Waals surface area contributed by atoms with Gasteiger partial charge in [-0.2, -0.15) is 0 Å². The van der Waals surface area contributed by atoms with Crippen molar-refractivity contribution in [1.29, 1.82) is 0 Å². The molecule has 0 bridgehead atoms. The second kappa shape index (κ2) is 5.79. The van der Waals surface area contributed by atoms with Gasteiger partial charge in [-0.05, 0) is 30.3 Å². The number of hydrogen-bond donors (Lipinski definition) is 2. The molecule has 6 nitrogen and oxygen atoms in total. The van der Waals surface area contributed by atoms with Gasteiger partial charge in [-0.1, -0.05) is 0 Å². The number of hydrogen-bond acceptors (Lipinski definition) is 4. The minimum Gasteiger partial charge on any atom is -0.390 e. The second-order valence-electron chi connectivity index (χ2n) is 4.98. The van der Waals surface area contributed by atoms with Crippen LogP contribution >= 0.6 is 0 Å². The van der Waals surface area contributed by atoms with Gasteiger partial charge in [0.1, 0.15) is 4.90 Å². The van der Waals surface area contributed by atoms with Crippen LogP contribution in [0.2, 0.25) is 0 Å². The van der Waals surface area contributed by atoms with Gasteiger partial charge in [0.05, 0.1) is 6.61 Å². The van der Waals surface area contributed by atoms with Crippen LogP contribution in [0, 0.1) is 0 Å². The fraction of sp³-hybridized carbons (Fsp3) is 0.286. The smallest absolute Gasteiger partial charge is 0.263 e. The van der Waals surface area contributed by atoms with Crippen LogP contribution in [-0.2, 0) is 23.7 Å². The average molecular weight is 309 g/mol. The van der Waals surface area contributed by atoms with Gasteiger partial charge in [-0.25, -0.2) is 8.42 Å². The first kappa shape index (κ1) is 15.4. The zero-order valence-corrected chi connectivity index (χ0v) is 13.1. The minimum absolute atomic E-state index is 0.130. The first-order valence-electron chi connectivity index (χ1n) is 6.40. The summed E-state index contributed by atoms with van der Waals surface area (Å²) in [6, 6.07) is 8.55. The van der Waals surface area contributed by atoms with Gasteiger partial charge in [-0.3, -0.25) is 4.72 Å². The molecule has 0 fully saturated rings. The second-order valence-corrected chi connectivity index (χ2v) is 6.67. The molecule has 0 saturated carbocycles. The third kappa shape index (κ3) is 3.37. The highest BCUT2D eigenvalue weighted by atomic mass is 32.2. The van der Waals surface area contributed by atoms with E-state index >= 15 is 0 Å². The Morgan fingerprint density at radius 2 is 1.86 bits per heavy atom. The summed E-state index contributed by atoms with van der Waals surface area (Å²) in [6.07, 6.45) is 1.47. The van der Waals surface area contributed by atoms with Gasteiger partial charge in [0, 0.05) is 44.4 Å². The Kier molecular flexibility index (Phi) is 4.24. The molecular weight excluding hydrogens is 290 g/mol. The lowest BCUT2D eigenvalue weighted by molar-refractivity contribution is 0.272. The summed E-state index contributed by atoms with van der Waals surface area (Å²) in [6.45, 7) is -0.205. The third-order valence-electron chi connectivity index (χ3n) is 3.19. The number of nitrogens with one attached hydrogen (secondary N) is 1. The molecule has 0 amide bonds. The van der Waals surface area contributed by atoms with Gasteiger partial charge < -0.3 is 14.6 Å². The molecule has 2 rings (SSSR count). The van der Waals surface area contributed by atoms with Gasteiger partial charge in [-0.15, -0.1) is 0 Å². The van der Waals surface area contributed by atoms with E-state index in [-0.39, 0.29) is 11.5 Å². The van der Waals surface area contributed by atoms with Crippen LogP contribution in [0.4, 0.5) is 11.4 Å². The summed E-state index contributed by atoms with van der Waals surface area (Å²) < 4.78 is 28.7. The predicted octanol–water partition coefficient (Wildman–Crippen LogP) is 1.38. The maximum Gasteiger partial charge on any atom is 0.263 e. The summed E-state index contributed by atoms with van der Waals surface area (Å²) in [4.78, 5) is 2.06. The zero-order chi connectivity index (χ0) is 15.6. The van der Waals surface area contributed by atoms with E-state index in [0.29, 0.717) is 11.4 Å². The van der Waals surface area contributed by atoms with E-state index in [0.717, 1.165) is 5.69 Å². The lowest BCUT2D eigenvalue weighted by Crippen LogP contribution is -2.13. The monoisotopic (exact) mass is 309 g/mol. The first-order chi connectivity index (χ1) is 9.83. The SMILES string of the molecule is CN(C)c1ccc(NS(=O)(=O)c2cc(CO)n(C)c2)cc1. The van der Waals surface area contributed by atoms with Crippen molar-refractivity contribution in [2.45, 2.75) is 11.5 Å². The summed E-state index contributed by atoms with van der Waals surface area (Å²) >= 11 is 0. The van der Waals surface area contributed by atoms with E-state index in [4.69, 9.17) is 5.11 Å². The molecule has 0 aliphatic rings. The van der Waals surface area contributed by atoms with Crippen molar-refractivity contribution in [3.8, 4) is 0 Å². The molecular formula is C14H19N3O3S. The summed E-state index contributed by atoms with van der Waals surface area (Å²) in [5.74, 6) is 0. The van der Waals surface area contributed by atoms with Crippen molar-refractivity contribution in [1.82, 2.24) is 4.57 Å². The zero-order valence-electron chi connectivity index (χ0n) is 12.2. The Hall–Kier alpha value is -1.99. The first-order valence-corrected chi connectivity index (χ1v) is 7.88. The molecule has 0 aliphatic carbocycles. The van der Waals surface area contributed by atoms with Crippen LogP contribution in [0.15, 0.2) is 41.4 Å². The highest BCUT2D eigenvalue weighted by molar-refractivity contribution is 7.92. The normalized spacial score (nSPS) is 11.4. The Labute approximate surface area is 124 Å². The average Bonchev–Trinajstić information content (AvgIpc) is 2.81. The van der Waals surface area contributed by atoms with Crippen molar-refractivity contribution in [2.75, 3.05) is 23.7 Å². The fourth-order valence-electron chi connectivity index (χ4n) is 1.92. The lowest BCUT2D eigenvalue weighted by Gasteiger charge is -2.13. The largest absolute Gasteiger partial charge is 0.390 e. The molecule has 0 radical (unpaired) electrons. The molecule has 7 heteroatoms. The van der Waals surface area contributed by atoms with Crippen molar-refractivity contribution in [2.24, 2.45) is 7.05 Å². The van der Waals surface area contributed by atoms with Gasteiger partial charge >= 0.3 is 0 Å². The molecule has 0 unspecified atom stereocenters. The number of rotatable bonds is 5. The standard InChI is InChI=1S/C14H19N3O3S/c1-16(2)12-6-4-11(5-7-12)15-21(19,20)14-8-13(10-18)17(3)9-14/h4-9,15,18H,10H2,1-3H3. The number of aliphatic hydroxyl groups is 1. The number of nitrogens with zero attached hydrogens (tertiary/aromatic N) is 2. The minimum atomic E-state index is -3.65. The molecule has 2 N–H and O–H groups in total. The van der Waals surface area contributed by atoms with Crippen LogP contribution in [-0.4, -0.2) is 32.2 Å². The van der Waals surface area contributed by atoms with Crippen molar-refractivity contribution in [3.05, 3.63) is 42.2 Å². The number of aryl methyl sites for hydroxylation is 1. The lowest BCUT2D eigenvalue weighted by atomic mass is 10.3. The number of sulfonamides is 1. The van der Waals surface area contributed by atoms with E-state index in [1.807, 2.05) is 31.1 Å². The van der Waals surface area contributed by atoms with E-state index in [9.17, 15) is 8.42 Å². The van der Waals surface area contributed by atoms with E-state index in [1.165, 1.54) is 12.3 Å². The molecule has 1 aromatic carbocycles. The van der Waals surface area contributed by atoms with Crippen LogP contribution in [0.1, 0.15) is 5.69 Å². The van der Waals surface area contributed by atoms with Crippen molar-refractivity contribution < 1.29 is 13.5 Å². The topological polar surface area (TPSA) is 74.6 Å². The maximum absolute atomic E-state index is 12.3. The number of aliphatic hydroxyl groups excluding tert-OH is 1. The van der Waals surface area contributed by atoms with Gasteiger partial charge in [0.15, 0.2) is 0 Å². The van der Waals surface area contributed by atoms with Gasteiger partial charge in [0.25, 0.3) is 10.0 Å². The molecule has 1 aromatic heterocycles. The Morgan fingerprint density at radius 3 is 2.33 bits per heavy atom. The third-order valence-corrected chi connectivity index (χ3v) is 4.54. The molecule has 114 valence electrons. The predicted molar refractivity (Wildman–Crippen MR) is 82.9 cm³/mol. The molecule has 0 spiro atoms. The summed E-state index contributed by atoms with van der Waals surface area (Å²) in [7, 11) is 1.87. The van der Waals surface area contributed by atoms with E-state index in [1.54, 1.807) is 23.7 Å². The number of benzene rings is 1. The highest BCUT2D eigenvalue weighted by Gasteiger charge is 2.17. The summed E-state index contributed by atoms with van der Waals surface area (Å²) in [5, 5.41) is 9.13.